The van der Waals surface area contributed by atoms with Crippen molar-refractivity contribution in [1.29, 1.82) is 0 Å². The van der Waals surface area contributed by atoms with Crippen molar-refractivity contribution in [3.05, 3.63) is 66.7 Å². The van der Waals surface area contributed by atoms with Crippen LogP contribution in [0.15, 0.2) is 47.2 Å². The fraction of sp³-hybridized carbons (Fsp3) is 0.188. The van der Waals surface area contributed by atoms with Gasteiger partial charge in [0.05, 0.1) is 18.0 Å². The molecule has 2 nitrogen and oxygen atoms in total. The van der Waals surface area contributed by atoms with Gasteiger partial charge in [-0.05, 0) is 41.9 Å². The Labute approximate surface area is 136 Å². The summed E-state index contributed by atoms with van der Waals surface area (Å²) >= 11 is 4.95. The predicted molar refractivity (Wildman–Crippen MR) is 91.3 cm³/mol. The number of nitrogens with zero attached hydrogens (tertiary/aromatic N) is 1. The summed E-state index contributed by atoms with van der Waals surface area (Å²) in [5.74, 6) is 0.120. The van der Waals surface area contributed by atoms with E-state index in [9.17, 15) is 4.79 Å². The van der Waals surface area contributed by atoms with Crippen molar-refractivity contribution >= 4 is 39.9 Å². The van der Waals surface area contributed by atoms with Gasteiger partial charge in [-0.15, -0.1) is 34.0 Å². The lowest BCUT2D eigenvalue weighted by Crippen LogP contribution is -2.28. The maximum atomic E-state index is 12.8. The van der Waals surface area contributed by atoms with Gasteiger partial charge in [0.2, 0.25) is 0 Å². The van der Waals surface area contributed by atoms with Crippen molar-refractivity contribution in [2.75, 3.05) is 0 Å². The standard InChI is InChI=1S/C16H15NOS3/c1-12-6-7-15(21-12)16(18)17(10-13-4-2-8-19-13)11-14-5-3-9-20-14/h2-9H,10-11H2,1H3. The third-order valence-corrected chi connectivity index (χ3v) is 5.80. The van der Waals surface area contributed by atoms with Crippen LogP contribution >= 0.6 is 34.0 Å². The van der Waals surface area contributed by atoms with Crippen molar-refractivity contribution in [2.24, 2.45) is 0 Å². The number of hydrogen-bond acceptors (Lipinski definition) is 4. The van der Waals surface area contributed by atoms with Gasteiger partial charge in [0.1, 0.15) is 0 Å². The van der Waals surface area contributed by atoms with Gasteiger partial charge in [-0.25, -0.2) is 0 Å². The lowest BCUT2D eigenvalue weighted by atomic mass is 10.3. The Morgan fingerprint density at radius 2 is 1.62 bits per heavy atom. The average Bonchev–Trinajstić information content (AvgIpc) is 3.19. The summed E-state index contributed by atoms with van der Waals surface area (Å²) in [6.07, 6.45) is 0. The molecule has 0 aliphatic heterocycles. The Balaban J connectivity index is 1.82. The van der Waals surface area contributed by atoms with Crippen LogP contribution in [0.4, 0.5) is 0 Å². The van der Waals surface area contributed by atoms with Crippen molar-refractivity contribution in [2.45, 2.75) is 20.0 Å². The summed E-state index contributed by atoms with van der Waals surface area (Å²) in [6.45, 7) is 3.38. The number of thiophene rings is 3. The van der Waals surface area contributed by atoms with E-state index in [2.05, 4.69) is 22.9 Å². The smallest absolute Gasteiger partial charge is 0.264 e. The molecule has 0 fully saturated rings. The second kappa shape index (κ2) is 6.56. The van der Waals surface area contributed by atoms with Crippen LogP contribution in [-0.4, -0.2) is 10.8 Å². The molecule has 0 saturated heterocycles. The van der Waals surface area contributed by atoms with E-state index < -0.39 is 0 Å². The predicted octanol–water partition coefficient (Wildman–Crippen LogP) is 5.02. The molecular weight excluding hydrogens is 318 g/mol. The van der Waals surface area contributed by atoms with Crippen LogP contribution in [0.2, 0.25) is 0 Å². The van der Waals surface area contributed by atoms with E-state index in [-0.39, 0.29) is 5.91 Å². The van der Waals surface area contributed by atoms with Crippen molar-refractivity contribution < 1.29 is 4.79 Å². The largest absolute Gasteiger partial charge is 0.328 e. The van der Waals surface area contributed by atoms with Gasteiger partial charge in [-0.3, -0.25) is 4.79 Å². The lowest BCUT2D eigenvalue weighted by Gasteiger charge is -2.20. The SMILES string of the molecule is Cc1ccc(C(=O)N(Cc2cccs2)Cc2cccs2)s1. The number of amides is 1. The summed E-state index contributed by atoms with van der Waals surface area (Å²) in [6, 6.07) is 12.2. The zero-order valence-electron chi connectivity index (χ0n) is 11.6. The minimum Gasteiger partial charge on any atom is -0.328 e. The molecule has 5 heteroatoms. The molecule has 0 aliphatic carbocycles. The first-order chi connectivity index (χ1) is 10.2. The molecule has 0 bridgehead atoms. The van der Waals surface area contributed by atoms with Gasteiger partial charge in [-0.1, -0.05) is 12.1 Å². The van der Waals surface area contributed by atoms with E-state index in [4.69, 9.17) is 0 Å². The average molecular weight is 334 g/mol. The molecule has 0 atom stereocenters. The second-order valence-electron chi connectivity index (χ2n) is 4.73. The highest BCUT2D eigenvalue weighted by Crippen LogP contribution is 2.22. The third kappa shape index (κ3) is 3.61. The first-order valence-corrected chi connectivity index (χ1v) is 9.20. The molecule has 0 radical (unpaired) electrons. The molecule has 21 heavy (non-hydrogen) atoms. The molecule has 3 rings (SSSR count). The van der Waals surface area contributed by atoms with Gasteiger partial charge < -0.3 is 4.90 Å². The molecule has 0 aromatic carbocycles. The maximum absolute atomic E-state index is 12.8. The van der Waals surface area contributed by atoms with E-state index in [1.807, 2.05) is 36.1 Å². The molecule has 0 aliphatic rings. The molecule has 0 spiro atoms. The zero-order chi connectivity index (χ0) is 14.7. The van der Waals surface area contributed by atoms with Crippen molar-refractivity contribution in [1.82, 2.24) is 4.90 Å². The van der Waals surface area contributed by atoms with Gasteiger partial charge in [0.15, 0.2) is 0 Å². The highest BCUT2D eigenvalue weighted by molar-refractivity contribution is 7.14. The molecule has 108 valence electrons. The van der Waals surface area contributed by atoms with E-state index in [1.54, 1.807) is 34.0 Å². The Hall–Kier alpha value is -1.43. The van der Waals surface area contributed by atoms with E-state index in [1.165, 1.54) is 14.6 Å². The first kappa shape index (κ1) is 14.5. The maximum Gasteiger partial charge on any atom is 0.264 e. The van der Waals surface area contributed by atoms with Crippen LogP contribution in [0.1, 0.15) is 24.3 Å². The third-order valence-electron chi connectivity index (χ3n) is 3.09. The van der Waals surface area contributed by atoms with Crippen LogP contribution in [0.5, 0.6) is 0 Å². The van der Waals surface area contributed by atoms with Crippen LogP contribution in [0.25, 0.3) is 0 Å². The molecular formula is C16H15NOS3. The highest BCUT2D eigenvalue weighted by Gasteiger charge is 2.19. The monoisotopic (exact) mass is 333 g/mol. The molecule has 3 aromatic rings. The van der Waals surface area contributed by atoms with Gasteiger partial charge in [-0.2, -0.15) is 0 Å². The van der Waals surface area contributed by atoms with Crippen LogP contribution in [0.3, 0.4) is 0 Å². The van der Waals surface area contributed by atoms with Crippen LogP contribution in [-0.2, 0) is 13.1 Å². The molecule has 0 unspecified atom stereocenters. The Morgan fingerprint density at radius 1 is 1.00 bits per heavy atom. The Morgan fingerprint density at radius 3 is 2.05 bits per heavy atom. The lowest BCUT2D eigenvalue weighted by molar-refractivity contribution is 0.0738. The minimum atomic E-state index is 0.120. The normalized spacial score (nSPS) is 10.7. The van der Waals surface area contributed by atoms with Crippen LogP contribution < -0.4 is 0 Å². The summed E-state index contributed by atoms with van der Waals surface area (Å²) in [7, 11) is 0. The quantitative estimate of drug-likeness (QED) is 0.642. The number of carbonyl (C=O) groups excluding carboxylic acids is 1. The van der Waals surface area contributed by atoms with Gasteiger partial charge in [0, 0.05) is 14.6 Å². The summed E-state index contributed by atoms with van der Waals surface area (Å²) in [4.78, 5) is 19.1. The summed E-state index contributed by atoms with van der Waals surface area (Å²) < 4.78 is 0. The van der Waals surface area contributed by atoms with Crippen molar-refractivity contribution in [3.63, 3.8) is 0 Å². The van der Waals surface area contributed by atoms with Crippen molar-refractivity contribution in [3.8, 4) is 0 Å². The molecule has 3 heterocycles. The number of rotatable bonds is 5. The minimum absolute atomic E-state index is 0.120. The molecule has 0 saturated carbocycles. The first-order valence-electron chi connectivity index (χ1n) is 6.63. The number of hydrogen-bond donors (Lipinski definition) is 0. The zero-order valence-corrected chi connectivity index (χ0v) is 14.1. The van der Waals surface area contributed by atoms with E-state index in [0.29, 0.717) is 13.1 Å². The molecule has 0 N–H and O–H groups in total. The fourth-order valence-electron chi connectivity index (χ4n) is 2.09. The topological polar surface area (TPSA) is 20.3 Å². The number of carbonyl (C=O) groups is 1. The van der Waals surface area contributed by atoms with Crippen LogP contribution in [0, 0.1) is 6.92 Å². The fourth-order valence-corrected chi connectivity index (χ4v) is 4.36. The second-order valence-corrected chi connectivity index (χ2v) is 8.08. The number of aryl methyl sites for hydroxylation is 1. The van der Waals surface area contributed by atoms with E-state index >= 15 is 0 Å². The van der Waals surface area contributed by atoms with Gasteiger partial charge in [0.25, 0.3) is 5.91 Å². The Bertz CT molecular complexity index is 662. The summed E-state index contributed by atoms with van der Waals surface area (Å²) in [5, 5.41) is 4.11. The summed E-state index contributed by atoms with van der Waals surface area (Å²) in [5.41, 5.74) is 0. The van der Waals surface area contributed by atoms with E-state index in [0.717, 1.165) is 4.88 Å². The molecule has 3 aromatic heterocycles. The Kier molecular flexibility index (Phi) is 4.53. The highest BCUT2D eigenvalue weighted by atomic mass is 32.1. The van der Waals surface area contributed by atoms with Gasteiger partial charge >= 0.3 is 0 Å². The molecule has 1 amide bonds.